The Kier molecular flexibility index (Phi) is 4.34. The molecule has 0 saturated carbocycles. The zero-order chi connectivity index (χ0) is 12.8. The second kappa shape index (κ2) is 6.19. The Morgan fingerprint density at radius 2 is 1.72 bits per heavy atom. The number of benzene rings is 2. The molecule has 94 valence electrons. The van der Waals surface area contributed by atoms with E-state index in [9.17, 15) is 0 Å². The molecule has 0 aliphatic heterocycles. The van der Waals surface area contributed by atoms with E-state index in [0.29, 0.717) is 13.2 Å². The SMILES string of the molecule is Cc1cc(CON)ccc1OCc1ccccc1. The van der Waals surface area contributed by atoms with Crippen molar-refractivity contribution in [2.24, 2.45) is 5.90 Å². The van der Waals surface area contributed by atoms with Gasteiger partial charge in [-0.05, 0) is 29.7 Å². The molecule has 0 aliphatic rings. The average molecular weight is 243 g/mol. The molecule has 0 saturated heterocycles. The summed E-state index contributed by atoms with van der Waals surface area (Å²) >= 11 is 0. The Morgan fingerprint density at radius 3 is 2.39 bits per heavy atom. The van der Waals surface area contributed by atoms with Gasteiger partial charge in [-0.3, -0.25) is 4.84 Å². The molecule has 0 unspecified atom stereocenters. The van der Waals surface area contributed by atoms with E-state index in [0.717, 1.165) is 22.4 Å². The van der Waals surface area contributed by atoms with E-state index in [1.165, 1.54) is 0 Å². The summed E-state index contributed by atoms with van der Waals surface area (Å²) in [6, 6.07) is 16.0. The average Bonchev–Trinajstić information content (AvgIpc) is 2.39. The minimum absolute atomic E-state index is 0.416. The Labute approximate surface area is 107 Å². The molecular weight excluding hydrogens is 226 g/mol. The van der Waals surface area contributed by atoms with Gasteiger partial charge in [0.1, 0.15) is 12.4 Å². The zero-order valence-electron chi connectivity index (χ0n) is 10.4. The maximum absolute atomic E-state index is 5.78. The summed E-state index contributed by atoms with van der Waals surface area (Å²) in [5.74, 6) is 5.94. The highest BCUT2D eigenvalue weighted by molar-refractivity contribution is 5.36. The van der Waals surface area contributed by atoms with Crippen LogP contribution in [-0.2, 0) is 18.1 Å². The highest BCUT2D eigenvalue weighted by Gasteiger charge is 2.02. The largest absolute Gasteiger partial charge is 0.489 e. The van der Waals surface area contributed by atoms with Crippen molar-refractivity contribution >= 4 is 0 Å². The van der Waals surface area contributed by atoms with E-state index in [1.54, 1.807) is 0 Å². The maximum atomic E-state index is 5.78. The van der Waals surface area contributed by atoms with Gasteiger partial charge in [0.05, 0.1) is 6.61 Å². The Bertz CT molecular complexity index is 497. The van der Waals surface area contributed by atoms with Crippen LogP contribution in [0.15, 0.2) is 48.5 Å². The van der Waals surface area contributed by atoms with Gasteiger partial charge in [0.2, 0.25) is 0 Å². The molecule has 0 bridgehead atoms. The summed E-state index contributed by atoms with van der Waals surface area (Å²) in [5.41, 5.74) is 3.29. The summed E-state index contributed by atoms with van der Waals surface area (Å²) < 4.78 is 5.78. The third kappa shape index (κ3) is 3.32. The van der Waals surface area contributed by atoms with Crippen molar-refractivity contribution in [1.29, 1.82) is 0 Å². The van der Waals surface area contributed by atoms with Crippen molar-refractivity contribution in [1.82, 2.24) is 0 Å². The third-order valence-electron chi connectivity index (χ3n) is 2.73. The van der Waals surface area contributed by atoms with E-state index in [1.807, 2.05) is 55.5 Å². The highest BCUT2D eigenvalue weighted by atomic mass is 16.6. The fourth-order valence-electron chi connectivity index (χ4n) is 1.79. The molecule has 18 heavy (non-hydrogen) atoms. The second-order valence-electron chi connectivity index (χ2n) is 4.19. The van der Waals surface area contributed by atoms with Crippen molar-refractivity contribution in [3.63, 3.8) is 0 Å². The van der Waals surface area contributed by atoms with Gasteiger partial charge in [0.25, 0.3) is 0 Å². The van der Waals surface area contributed by atoms with Crippen LogP contribution in [0.4, 0.5) is 0 Å². The summed E-state index contributed by atoms with van der Waals surface area (Å²) in [6.07, 6.45) is 0. The van der Waals surface area contributed by atoms with E-state index < -0.39 is 0 Å². The molecule has 2 N–H and O–H groups in total. The minimum atomic E-state index is 0.416. The normalized spacial score (nSPS) is 10.3. The van der Waals surface area contributed by atoms with Gasteiger partial charge in [0.15, 0.2) is 0 Å². The van der Waals surface area contributed by atoms with E-state index in [2.05, 4.69) is 4.84 Å². The maximum Gasteiger partial charge on any atom is 0.122 e. The van der Waals surface area contributed by atoms with E-state index >= 15 is 0 Å². The lowest BCUT2D eigenvalue weighted by Gasteiger charge is -2.10. The summed E-state index contributed by atoms with van der Waals surface area (Å²) in [7, 11) is 0. The van der Waals surface area contributed by atoms with Gasteiger partial charge in [-0.1, -0.05) is 42.5 Å². The molecule has 3 nitrogen and oxygen atoms in total. The van der Waals surface area contributed by atoms with Crippen LogP contribution in [0.2, 0.25) is 0 Å². The number of hydrogen-bond acceptors (Lipinski definition) is 3. The van der Waals surface area contributed by atoms with E-state index in [4.69, 9.17) is 10.6 Å². The lowest BCUT2D eigenvalue weighted by Crippen LogP contribution is -2.00. The van der Waals surface area contributed by atoms with Crippen LogP contribution in [0.3, 0.4) is 0 Å². The monoisotopic (exact) mass is 243 g/mol. The smallest absolute Gasteiger partial charge is 0.122 e. The van der Waals surface area contributed by atoms with Crippen LogP contribution in [0, 0.1) is 6.92 Å². The first-order valence-corrected chi connectivity index (χ1v) is 5.87. The van der Waals surface area contributed by atoms with E-state index in [-0.39, 0.29) is 0 Å². The molecule has 0 radical (unpaired) electrons. The van der Waals surface area contributed by atoms with Crippen molar-refractivity contribution in [3.05, 3.63) is 65.2 Å². The predicted molar refractivity (Wildman–Crippen MR) is 70.9 cm³/mol. The van der Waals surface area contributed by atoms with Crippen LogP contribution < -0.4 is 10.6 Å². The lowest BCUT2D eigenvalue weighted by atomic mass is 10.1. The van der Waals surface area contributed by atoms with Crippen LogP contribution in [0.25, 0.3) is 0 Å². The molecule has 0 aliphatic carbocycles. The van der Waals surface area contributed by atoms with Gasteiger partial charge in [0, 0.05) is 0 Å². The highest BCUT2D eigenvalue weighted by Crippen LogP contribution is 2.20. The second-order valence-corrected chi connectivity index (χ2v) is 4.19. The fraction of sp³-hybridized carbons (Fsp3) is 0.200. The van der Waals surface area contributed by atoms with Crippen LogP contribution in [0.1, 0.15) is 16.7 Å². The van der Waals surface area contributed by atoms with Gasteiger partial charge >= 0.3 is 0 Å². The van der Waals surface area contributed by atoms with Crippen molar-refractivity contribution < 1.29 is 9.57 Å². The number of nitrogens with two attached hydrogens (primary N) is 1. The van der Waals surface area contributed by atoms with Crippen LogP contribution in [-0.4, -0.2) is 0 Å². The lowest BCUT2D eigenvalue weighted by molar-refractivity contribution is 0.124. The molecular formula is C15H17NO2. The molecule has 2 aromatic carbocycles. The molecule has 3 heteroatoms. The number of aryl methyl sites for hydroxylation is 1. The number of hydrogen-bond donors (Lipinski definition) is 1. The molecule has 0 atom stereocenters. The van der Waals surface area contributed by atoms with Crippen molar-refractivity contribution in [2.45, 2.75) is 20.1 Å². The predicted octanol–water partition coefficient (Wildman–Crippen LogP) is 2.96. The zero-order valence-corrected chi connectivity index (χ0v) is 10.4. The fourth-order valence-corrected chi connectivity index (χ4v) is 1.79. The minimum Gasteiger partial charge on any atom is -0.489 e. The molecule has 0 fully saturated rings. The first-order valence-electron chi connectivity index (χ1n) is 5.87. The van der Waals surface area contributed by atoms with Gasteiger partial charge in [-0.15, -0.1) is 0 Å². The Balaban J connectivity index is 2.01. The first kappa shape index (κ1) is 12.6. The van der Waals surface area contributed by atoms with Gasteiger partial charge in [-0.25, -0.2) is 5.90 Å². The summed E-state index contributed by atoms with van der Waals surface area (Å²) in [6.45, 7) is 3.01. The van der Waals surface area contributed by atoms with Gasteiger partial charge < -0.3 is 4.74 Å². The van der Waals surface area contributed by atoms with Crippen molar-refractivity contribution in [3.8, 4) is 5.75 Å². The standard InChI is InChI=1S/C15H17NO2/c1-12-9-14(11-18-16)7-8-15(12)17-10-13-5-3-2-4-6-13/h2-9H,10-11,16H2,1H3. The topological polar surface area (TPSA) is 44.5 Å². The van der Waals surface area contributed by atoms with Crippen LogP contribution >= 0.6 is 0 Å². The molecule has 0 heterocycles. The summed E-state index contributed by atoms with van der Waals surface area (Å²) in [4.78, 5) is 4.61. The molecule has 2 rings (SSSR count). The summed E-state index contributed by atoms with van der Waals surface area (Å²) in [5, 5.41) is 0. The van der Waals surface area contributed by atoms with Crippen LogP contribution in [0.5, 0.6) is 5.75 Å². The quantitative estimate of drug-likeness (QED) is 0.821. The molecule has 0 spiro atoms. The number of ether oxygens (including phenoxy) is 1. The van der Waals surface area contributed by atoms with Crippen molar-refractivity contribution in [2.75, 3.05) is 0 Å². The molecule has 0 amide bonds. The Hall–Kier alpha value is -1.84. The first-order chi connectivity index (χ1) is 8.79. The molecule has 0 aromatic heterocycles. The Morgan fingerprint density at radius 1 is 0.944 bits per heavy atom. The van der Waals surface area contributed by atoms with Gasteiger partial charge in [-0.2, -0.15) is 0 Å². The number of rotatable bonds is 5. The molecule has 2 aromatic rings. The third-order valence-corrected chi connectivity index (χ3v) is 2.73.